The summed E-state index contributed by atoms with van der Waals surface area (Å²) in [6.07, 6.45) is 0. The molecular weight excluding hydrogens is 695 g/mol. The molecule has 0 amide bonds. The first-order valence-electron chi connectivity index (χ1n) is 19.2. The van der Waals surface area contributed by atoms with E-state index in [0.29, 0.717) is 17.5 Å². The smallest absolute Gasteiger partial charge is 0.164 e. The van der Waals surface area contributed by atoms with Crippen molar-refractivity contribution in [2.24, 2.45) is 0 Å². The van der Waals surface area contributed by atoms with Gasteiger partial charge in [-0.1, -0.05) is 164 Å². The molecule has 0 radical (unpaired) electrons. The molecule has 2 aromatic heterocycles. The normalized spacial score (nSPS) is 11.5. The van der Waals surface area contributed by atoms with Gasteiger partial charge < -0.3 is 4.42 Å². The SMILES string of the molecule is c1ccc(-c2nc(-c3ccc(-c4ccc5ccccc5c4)c(-c4ccccc4)c3)nc(-c3ccc(-c4ccc5ccccc5c4)c4oc5ccccc5c34)n2)cc1. The first-order chi connectivity index (χ1) is 28.2. The molecule has 0 fully saturated rings. The average molecular weight is 728 g/mol. The summed E-state index contributed by atoms with van der Waals surface area (Å²) in [5.74, 6) is 1.79. The van der Waals surface area contributed by atoms with Crippen molar-refractivity contribution in [3.63, 3.8) is 0 Å². The second-order valence-corrected chi connectivity index (χ2v) is 14.4. The molecule has 0 unspecified atom stereocenters. The molecule has 4 heteroatoms. The summed E-state index contributed by atoms with van der Waals surface area (Å²) in [5.41, 5.74) is 11.0. The van der Waals surface area contributed by atoms with Crippen LogP contribution in [0.1, 0.15) is 0 Å². The molecule has 0 atom stereocenters. The van der Waals surface area contributed by atoms with E-state index >= 15 is 0 Å². The van der Waals surface area contributed by atoms with Gasteiger partial charge in [-0.05, 0) is 85.8 Å². The Hall–Kier alpha value is -7.69. The minimum atomic E-state index is 0.584. The number of furan rings is 1. The van der Waals surface area contributed by atoms with Crippen LogP contribution in [0.4, 0.5) is 0 Å². The van der Waals surface area contributed by atoms with Gasteiger partial charge >= 0.3 is 0 Å². The van der Waals surface area contributed by atoms with Crippen LogP contribution in [0, 0.1) is 0 Å². The molecule has 0 saturated heterocycles. The lowest BCUT2D eigenvalue weighted by Gasteiger charge is -2.15. The zero-order valence-electron chi connectivity index (χ0n) is 30.8. The molecule has 0 aliphatic carbocycles. The number of benzene rings is 9. The van der Waals surface area contributed by atoms with E-state index in [1.807, 2.05) is 42.5 Å². The number of hydrogen-bond acceptors (Lipinski definition) is 4. The molecule has 266 valence electrons. The molecule has 0 aliphatic rings. The maximum absolute atomic E-state index is 6.72. The van der Waals surface area contributed by atoms with Crippen molar-refractivity contribution in [3.05, 3.63) is 200 Å². The number of aromatic nitrogens is 3. The molecule has 9 aromatic carbocycles. The van der Waals surface area contributed by atoms with Crippen molar-refractivity contribution < 1.29 is 4.42 Å². The number of nitrogens with zero attached hydrogens (tertiary/aromatic N) is 3. The van der Waals surface area contributed by atoms with Crippen molar-refractivity contribution >= 4 is 43.5 Å². The fourth-order valence-electron chi connectivity index (χ4n) is 8.09. The van der Waals surface area contributed by atoms with E-state index in [9.17, 15) is 0 Å². The van der Waals surface area contributed by atoms with Gasteiger partial charge in [0.1, 0.15) is 11.2 Å². The summed E-state index contributed by atoms with van der Waals surface area (Å²) in [4.78, 5) is 15.6. The highest BCUT2D eigenvalue weighted by Crippen LogP contribution is 2.43. The Labute approximate surface area is 329 Å². The maximum Gasteiger partial charge on any atom is 0.164 e. The lowest BCUT2D eigenvalue weighted by atomic mass is 9.91. The van der Waals surface area contributed by atoms with Crippen LogP contribution in [0.25, 0.3) is 111 Å². The molecular formula is C53H33N3O. The Morgan fingerprint density at radius 2 is 0.807 bits per heavy atom. The standard InChI is InChI=1S/C53H33N3O/c1-3-15-36(16-4-1)47-33-42(27-28-43(47)40-25-23-34-13-7-9-19-38(34)31-40)52-54-51(37-17-5-2-6-18-37)55-53(56-52)46-30-29-44(41-26-24-35-14-8-10-20-39(35)32-41)50-49(46)45-21-11-12-22-48(45)57-50/h1-33H. The largest absolute Gasteiger partial charge is 0.455 e. The topological polar surface area (TPSA) is 51.8 Å². The van der Waals surface area contributed by atoms with Crippen molar-refractivity contribution in [1.29, 1.82) is 0 Å². The Bertz CT molecular complexity index is 3300. The first kappa shape index (κ1) is 32.7. The number of fused-ring (bicyclic) bond motifs is 5. The molecule has 0 spiro atoms. The van der Waals surface area contributed by atoms with Crippen LogP contribution in [0.5, 0.6) is 0 Å². The third kappa shape index (κ3) is 5.83. The Kier molecular flexibility index (Phi) is 7.78. The van der Waals surface area contributed by atoms with Crippen LogP contribution < -0.4 is 0 Å². The van der Waals surface area contributed by atoms with Crippen LogP contribution in [-0.2, 0) is 0 Å². The van der Waals surface area contributed by atoms with Gasteiger partial charge in [-0.25, -0.2) is 15.0 Å². The number of hydrogen-bond donors (Lipinski definition) is 0. The predicted molar refractivity (Wildman–Crippen MR) is 235 cm³/mol. The Morgan fingerprint density at radius 1 is 0.298 bits per heavy atom. The summed E-state index contributed by atoms with van der Waals surface area (Å²) in [5, 5.41) is 6.79. The van der Waals surface area contributed by atoms with Gasteiger partial charge in [-0.2, -0.15) is 0 Å². The Balaban J connectivity index is 1.13. The number of para-hydroxylation sites is 1. The predicted octanol–water partition coefficient (Wildman–Crippen LogP) is 14.1. The monoisotopic (exact) mass is 727 g/mol. The molecule has 4 nitrogen and oxygen atoms in total. The second-order valence-electron chi connectivity index (χ2n) is 14.4. The summed E-state index contributed by atoms with van der Waals surface area (Å²) < 4.78 is 6.72. The van der Waals surface area contributed by atoms with Crippen molar-refractivity contribution in [2.75, 3.05) is 0 Å². The average Bonchev–Trinajstić information content (AvgIpc) is 3.68. The molecule has 0 aliphatic heterocycles. The van der Waals surface area contributed by atoms with Crippen molar-refractivity contribution in [2.45, 2.75) is 0 Å². The van der Waals surface area contributed by atoms with Crippen LogP contribution in [0.3, 0.4) is 0 Å². The van der Waals surface area contributed by atoms with Gasteiger partial charge in [0.05, 0.1) is 0 Å². The van der Waals surface area contributed by atoms with Crippen LogP contribution in [0.2, 0.25) is 0 Å². The molecule has 0 saturated carbocycles. The zero-order valence-corrected chi connectivity index (χ0v) is 30.8. The molecule has 57 heavy (non-hydrogen) atoms. The summed E-state index contributed by atoms with van der Waals surface area (Å²) in [6.45, 7) is 0. The van der Waals surface area contributed by atoms with Gasteiger partial charge in [0.2, 0.25) is 0 Å². The van der Waals surface area contributed by atoms with E-state index in [-0.39, 0.29) is 0 Å². The highest BCUT2D eigenvalue weighted by molar-refractivity contribution is 6.16. The molecule has 2 heterocycles. The fourth-order valence-corrected chi connectivity index (χ4v) is 8.09. The van der Waals surface area contributed by atoms with E-state index in [1.54, 1.807) is 0 Å². The third-order valence-corrected chi connectivity index (χ3v) is 10.9. The summed E-state index contributed by atoms with van der Waals surface area (Å²) >= 11 is 0. The van der Waals surface area contributed by atoms with Crippen molar-refractivity contribution in [3.8, 4) is 67.5 Å². The Morgan fingerprint density at radius 3 is 1.51 bits per heavy atom. The van der Waals surface area contributed by atoms with Gasteiger partial charge in [0, 0.05) is 33.0 Å². The highest BCUT2D eigenvalue weighted by Gasteiger charge is 2.21. The molecule has 11 aromatic rings. The van der Waals surface area contributed by atoms with Gasteiger partial charge in [-0.15, -0.1) is 0 Å². The summed E-state index contributed by atoms with van der Waals surface area (Å²) in [7, 11) is 0. The molecule has 0 bridgehead atoms. The lowest BCUT2D eigenvalue weighted by Crippen LogP contribution is -2.01. The van der Waals surface area contributed by atoms with Gasteiger partial charge in [0.25, 0.3) is 0 Å². The minimum absolute atomic E-state index is 0.584. The van der Waals surface area contributed by atoms with E-state index in [0.717, 1.165) is 72.0 Å². The minimum Gasteiger partial charge on any atom is -0.455 e. The molecule has 11 rings (SSSR count). The highest BCUT2D eigenvalue weighted by atomic mass is 16.3. The van der Waals surface area contributed by atoms with Gasteiger partial charge in [-0.3, -0.25) is 0 Å². The number of rotatable bonds is 6. The first-order valence-corrected chi connectivity index (χ1v) is 19.2. The maximum atomic E-state index is 6.72. The molecule has 0 N–H and O–H groups in total. The van der Waals surface area contributed by atoms with E-state index in [2.05, 4.69) is 158 Å². The van der Waals surface area contributed by atoms with Crippen LogP contribution >= 0.6 is 0 Å². The quantitative estimate of drug-likeness (QED) is 0.171. The third-order valence-electron chi connectivity index (χ3n) is 10.9. The van der Waals surface area contributed by atoms with Crippen LogP contribution in [-0.4, -0.2) is 15.0 Å². The second kappa shape index (κ2) is 13.6. The van der Waals surface area contributed by atoms with Gasteiger partial charge in [0.15, 0.2) is 17.5 Å². The van der Waals surface area contributed by atoms with E-state index < -0.39 is 0 Å². The van der Waals surface area contributed by atoms with E-state index in [1.165, 1.54) is 21.5 Å². The van der Waals surface area contributed by atoms with Crippen molar-refractivity contribution in [1.82, 2.24) is 15.0 Å². The zero-order chi connectivity index (χ0) is 37.7. The van der Waals surface area contributed by atoms with Crippen LogP contribution in [0.15, 0.2) is 205 Å². The summed E-state index contributed by atoms with van der Waals surface area (Å²) in [6, 6.07) is 69.9. The fraction of sp³-hybridized carbons (Fsp3) is 0. The van der Waals surface area contributed by atoms with E-state index in [4.69, 9.17) is 19.4 Å². The lowest BCUT2D eigenvalue weighted by molar-refractivity contribution is 0.670.